The zero-order valence-corrected chi connectivity index (χ0v) is 18.3. The van der Waals surface area contributed by atoms with E-state index in [0.717, 1.165) is 39.1 Å². The van der Waals surface area contributed by atoms with Crippen molar-refractivity contribution < 1.29 is 14.3 Å². The molecule has 160 valence electrons. The van der Waals surface area contributed by atoms with Crippen molar-refractivity contribution in [3.05, 3.63) is 35.4 Å². The Kier molecular flexibility index (Phi) is 7.33. The maximum atomic E-state index is 12.6. The Morgan fingerprint density at radius 2 is 1.83 bits per heavy atom. The number of carbonyl (C=O) groups is 2. The standard InChI is InChI=1S/C24H36N2O3/c1-19(2)21-10-8-20(9-11-21)16-25-14-5-12-24(17-25)13-15-26(18-24)22(27)6-4-7-23(28)29-3/h8-11,19H,4-7,12-18H2,1-3H3/t24-/m0/s1. The minimum absolute atomic E-state index is 0.187. The van der Waals surface area contributed by atoms with Crippen molar-refractivity contribution in [3.8, 4) is 0 Å². The van der Waals surface area contributed by atoms with Crippen LogP contribution in [-0.2, 0) is 20.9 Å². The Balaban J connectivity index is 1.50. The number of amides is 1. The lowest BCUT2D eigenvalue weighted by atomic mass is 9.79. The third kappa shape index (κ3) is 5.81. The largest absolute Gasteiger partial charge is 0.469 e. The first-order chi connectivity index (χ1) is 13.9. The quantitative estimate of drug-likeness (QED) is 0.650. The topological polar surface area (TPSA) is 49.9 Å². The Morgan fingerprint density at radius 3 is 2.52 bits per heavy atom. The molecule has 2 heterocycles. The second-order valence-electron chi connectivity index (χ2n) is 9.21. The SMILES string of the molecule is COC(=O)CCCC(=O)N1CC[C@]2(CCCN(Cc3ccc(C(C)C)cc3)C2)C1. The van der Waals surface area contributed by atoms with Crippen LogP contribution in [-0.4, -0.2) is 55.0 Å². The van der Waals surface area contributed by atoms with Crippen LogP contribution in [0.25, 0.3) is 0 Å². The molecule has 1 atom stereocenters. The van der Waals surface area contributed by atoms with E-state index in [4.69, 9.17) is 0 Å². The minimum Gasteiger partial charge on any atom is -0.469 e. The molecule has 2 fully saturated rings. The number of ether oxygens (including phenoxy) is 1. The smallest absolute Gasteiger partial charge is 0.305 e. The number of methoxy groups -OCH3 is 1. The number of hydrogen-bond acceptors (Lipinski definition) is 4. The van der Waals surface area contributed by atoms with Gasteiger partial charge in [0.05, 0.1) is 7.11 Å². The van der Waals surface area contributed by atoms with Crippen LogP contribution < -0.4 is 0 Å². The van der Waals surface area contributed by atoms with E-state index in [-0.39, 0.29) is 17.3 Å². The van der Waals surface area contributed by atoms with Gasteiger partial charge < -0.3 is 9.64 Å². The van der Waals surface area contributed by atoms with E-state index in [0.29, 0.717) is 25.2 Å². The van der Waals surface area contributed by atoms with E-state index in [1.165, 1.54) is 31.1 Å². The van der Waals surface area contributed by atoms with Gasteiger partial charge in [0.15, 0.2) is 0 Å². The summed E-state index contributed by atoms with van der Waals surface area (Å²) in [6, 6.07) is 9.04. The molecule has 1 spiro atoms. The maximum Gasteiger partial charge on any atom is 0.305 e. The molecule has 29 heavy (non-hydrogen) atoms. The molecular weight excluding hydrogens is 364 g/mol. The fourth-order valence-electron chi connectivity index (χ4n) is 4.84. The molecule has 0 saturated carbocycles. The summed E-state index contributed by atoms with van der Waals surface area (Å²) in [5, 5.41) is 0. The number of rotatable bonds is 7. The van der Waals surface area contributed by atoms with Crippen LogP contribution in [0.4, 0.5) is 0 Å². The van der Waals surface area contributed by atoms with Gasteiger partial charge in [-0.25, -0.2) is 0 Å². The first-order valence-corrected chi connectivity index (χ1v) is 11.1. The van der Waals surface area contributed by atoms with Gasteiger partial charge >= 0.3 is 5.97 Å². The lowest BCUT2D eigenvalue weighted by Gasteiger charge is -2.40. The Morgan fingerprint density at radius 1 is 1.07 bits per heavy atom. The first kappa shape index (κ1) is 21.8. The number of piperidine rings is 1. The second kappa shape index (κ2) is 9.75. The molecule has 3 rings (SSSR count). The fraction of sp³-hybridized carbons (Fsp3) is 0.667. The van der Waals surface area contributed by atoms with Crippen molar-refractivity contribution in [2.75, 3.05) is 33.3 Å². The van der Waals surface area contributed by atoms with Gasteiger partial charge in [-0.15, -0.1) is 0 Å². The van der Waals surface area contributed by atoms with Crippen molar-refractivity contribution in [3.63, 3.8) is 0 Å². The average Bonchev–Trinajstić information content (AvgIpc) is 3.11. The summed E-state index contributed by atoms with van der Waals surface area (Å²) in [6.07, 6.45) is 4.85. The van der Waals surface area contributed by atoms with Gasteiger partial charge in [0, 0.05) is 44.4 Å². The lowest BCUT2D eigenvalue weighted by Crippen LogP contribution is -2.45. The monoisotopic (exact) mass is 400 g/mol. The molecular formula is C24H36N2O3. The molecule has 1 amide bonds. The highest BCUT2D eigenvalue weighted by Crippen LogP contribution is 2.39. The van der Waals surface area contributed by atoms with Crippen molar-refractivity contribution in [2.45, 2.75) is 64.8 Å². The second-order valence-corrected chi connectivity index (χ2v) is 9.21. The minimum atomic E-state index is -0.236. The molecule has 2 saturated heterocycles. The van der Waals surface area contributed by atoms with Gasteiger partial charge in [0.1, 0.15) is 0 Å². The highest BCUT2D eigenvalue weighted by atomic mass is 16.5. The van der Waals surface area contributed by atoms with E-state index < -0.39 is 0 Å². The molecule has 0 radical (unpaired) electrons. The number of carbonyl (C=O) groups excluding carboxylic acids is 2. The molecule has 2 aliphatic heterocycles. The van der Waals surface area contributed by atoms with Crippen LogP contribution in [0, 0.1) is 5.41 Å². The van der Waals surface area contributed by atoms with Crippen LogP contribution in [0.15, 0.2) is 24.3 Å². The van der Waals surface area contributed by atoms with Crippen molar-refractivity contribution in [1.82, 2.24) is 9.80 Å². The Labute approximate surface area is 175 Å². The van der Waals surface area contributed by atoms with E-state index in [1.54, 1.807) is 0 Å². The van der Waals surface area contributed by atoms with E-state index in [2.05, 4.69) is 47.7 Å². The maximum absolute atomic E-state index is 12.6. The molecule has 0 aliphatic carbocycles. The lowest BCUT2D eigenvalue weighted by molar-refractivity contribution is -0.140. The number of nitrogens with zero attached hydrogens (tertiary/aromatic N) is 2. The Hall–Kier alpha value is -1.88. The van der Waals surface area contributed by atoms with Crippen molar-refractivity contribution in [2.24, 2.45) is 5.41 Å². The van der Waals surface area contributed by atoms with E-state index in [1.807, 2.05) is 4.90 Å². The zero-order chi connectivity index (χ0) is 20.9. The van der Waals surface area contributed by atoms with Crippen LogP contribution >= 0.6 is 0 Å². The van der Waals surface area contributed by atoms with Gasteiger partial charge in [0.2, 0.25) is 5.91 Å². The molecule has 0 N–H and O–H groups in total. The van der Waals surface area contributed by atoms with Gasteiger partial charge in [-0.1, -0.05) is 38.1 Å². The normalized spacial score (nSPS) is 22.4. The van der Waals surface area contributed by atoms with Crippen LogP contribution in [0.5, 0.6) is 0 Å². The van der Waals surface area contributed by atoms with Crippen molar-refractivity contribution >= 4 is 11.9 Å². The molecule has 2 aliphatic rings. The number of benzene rings is 1. The zero-order valence-electron chi connectivity index (χ0n) is 18.3. The van der Waals surface area contributed by atoms with Crippen LogP contribution in [0.3, 0.4) is 0 Å². The molecule has 0 unspecified atom stereocenters. The van der Waals surface area contributed by atoms with Crippen molar-refractivity contribution in [1.29, 1.82) is 0 Å². The third-order valence-electron chi connectivity index (χ3n) is 6.58. The summed E-state index contributed by atoms with van der Waals surface area (Å²) in [5.74, 6) is 0.518. The highest BCUT2D eigenvalue weighted by molar-refractivity contribution is 5.77. The summed E-state index contributed by atoms with van der Waals surface area (Å²) >= 11 is 0. The Bertz CT molecular complexity index is 701. The number of esters is 1. The van der Waals surface area contributed by atoms with Gasteiger partial charge in [0.25, 0.3) is 0 Å². The first-order valence-electron chi connectivity index (χ1n) is 11.1. The fourth-order valence-corrected chi connectivity index (χ4v) is 4.84. The van der Waals surface area contributed by atoms with Gasteiger partial charge in [-0.05, 0) is 49.3 Å². The highest BCUT2D eigenvalue weighted by Gasteiger charge is 2.42. The predicted octanol–water partition coefficient (Wildman–Crippen LogP) is 3.97. The molecule has 1 aromatic rings. The third-order valence-corrected chi connectivity index (χ3v) is 6.58. The summed E-state index contributed by atoms with van der Waals surface area (Å²) in [6.45, 7) is 9.39. The van der Waals surface area contributed by atoms with Gasteiger partial charge in [-0.2, -0.15) is 0 Å². The molecule has 0 bridgehead atoms. The summed E-state index contributed by atoms with van der Waals surface area (Å²) in [5.41, 5.74) is 3.01. The average molecular weight is 401 g/mol. The number of likely N-dealkylation sites (tertiary alicyclic amines) is 2. The molecule has 0 aromatic heterocycles. The van der Waals surface area contributed by atoms with E-state index in [9.17, 15) is 9.59 Å². The van der Waals surface area contributed by atoms with Crippen LogP contribution in [0.2, 0.25) is 0 Å². The summed E-state index contributed by atoms with van der Waals surface area (Å²) in [4.78, 5) is 28.4. The molecule has 1 aromatic carbocycles. The van der Waals surface area contributed by atoms with Gasteiger partial charge in [-0.3, -0.25) is 14.5 Å². The predicted molar refractivity (Wildman–Crippen MR) is 115 cm³/mol. The summed E-state index contributed by atoms with van der Waals surface area (Å²) < 4.78 is 4.66. The summed E-state index contributed by atoms with van der Waals surface area (Å²) in [7, 11) is 1.39. The molecule has 5 nitrogen and oxygen atoms in total. The number of hydrogen-bond donors (Lipinski definition) is 0. The molecule has 5 heteroatoms. The van der Waals surface area contributed by atoms with E-state index >= 15 is 0 Å². The van der Waals surface area contributed by atoms with Crippen LogP contribution in [0.1, 0.15) is 69.4 Å².